The number of urea groups is 1. The highest BCUT2D eigenvalue weighted by Gasteiger charge is 2.32. The second-order valence-corrected chi connectivity index (χ2v) is 7.29. The second kappa shape index (κ2) is 7.18. The molecule has 1 fully saturated rings. The van der Waals surface area contributed by atoms with Crippen molar-refractivity contribution in [1.29, 1.82) is 0 Å². The van der Waals surface area contributed by atoms with Gasteiger partial charge in [0.05, 0.1) is 12.1 Å². The van der Waals surface area contributed by atoms with E-state index in [0.717, 1.165) is 53.5 Å². The van der Waals surface area contributed by atoms with Crippen molar-refractivity contribution in [1.82, 2.24) is 10.2 Å². The number of hydrogen-bond acceptors (Lipinski definition) is 4. The van der Waals surface area contributed by atoms with E-state index in [1.165, 1.54) is 0 Å². The molecule has 27 heavy (non-hydrogen) atoms. The molecule has 0 bridgehead atoms. The first kappa shape index (κ1) is 17.8. The molecule has 1 aromatic carbocycles. The number of amides is 2. The number of nitrogens with zero attached hydrogens (tertiary/aromatic N) is 1. The second-order valence-electron chi connectivity index (χ2n) is 7.29. The molecule has 4 rings (SSSR count). The van der Waals surface area contributed by atoms with Crippen LogP contribution in [0.25, 0.3) is 0 Å². The van der Waals surface area contributed by atoms with Gasteiger partial charge in [0.15, 0.2) is 11.5 Å². The molecule has 2 aromatic rings. The molecule has 2 atom stereocenters. The minimum atomic E-state index is -0.100. The van der Waals surface area contributed by atoms with E-state index in [4.69, 9.17) is 13.9 Å². The van der Waals surface area contributed by atoms with Crippen LogP contribution in [-0.4, -0.2) is 30.7 Å². The molecule has 144 valence electrons. The summed E-state index contributed by atoms with van der Waals surface area (Å²) in [6, 6.07) is 7.89. The number of carbonyl (C=O) groups excluding carboxylic acids is 1. The van der Waals surface area contributed by atoms with Crippen molar-refractivity contribution in [2.24, 2.45) is 0 Å². The first-order valence-electron chi connectivity index (χ1n) is 9.56. The highest BCUT2D eigenvalue weighted by atomic mass is 16.6. The van der Waals surface area contributed by atoms with Gasteiger partial charge in [-0.3, -0.25) is 0 Å². The molecule has 3 heterocycles. The molecule has 0 radical (unpaired) electrons. The summed E-state index contributed by atoms with van der Waals surface area (Å²) >= 11 is 0. The maximum Gasteiger partial charge on any atom is 0.318 e. The normalized spacial score (nSPS) is 19.8. The molecule has 2 unspecified atom stereocenters. The fourth-order valence-corrected chi connectivity index (χ4v) is 4.05. The van der Waals surface area contributed by atoms with Crippen LogP contribution in [0, 0.1) is 13.8 Å². The summed E-state index contributed by atoms with van der Waals surface area (Å²) in [5.74, 6) is 3.26. The lowest BCUT2D eigenvalue weighted by molar-refractivity contribution is 0.170. The molecule has 1 N–H and O–H groups in total. The average Bonchev–Trinajstić information content (AvgIpc) is 3.27. The van der Waals surface area contributed by atoms with Crippen LogP contribution in [0.5, 0.6) is 11.5 Å². The monoisotopic (exact) mass is 370 g/mol. The third-order valence-corrected chi connectivity index (χ3v) is 5.35. The van der Waals surface area contributed by atoms with Crippen LogP contribution in [-0.2, 0) is 0 Å². The van der Waals surface area contributed by atoms with Crippen LogP contribution in [0.4, 0.5) is 4.79 Å². The van der Waals surface area contributed by atoms with Gasteiger partial charge >= 0.3 is 6.03 Å². The molecule has 2 amide bonds. The summed E-state index contributed by atoms with van der Waals surface area (Å²) in [4.78, 5) is 14.9. The number of rotatable bonds is 3. The lowest BCUT2D eigenvalue weighted by Gasteiger charge is -2.28. The summed E-state index contributed by atoms with van der Waals surface area (Å²) in [5.41, 5.74) is 2.12. The Morgan fingerprint density at radius 3 is 2.70 bits per heavy atom. The summed E-state index contributed by atoms with van der Waals surface area (Å²) in [6.45, 7) is 7.73. The van der Waals surface area contributed by atoms with E-state index in [9.17, 15) is 4.79 Å². The Morgan fingerprint density at radius 1 is 1.19 bits per heavy atom. The number of benzene rings is 1. The number of furan rings is 1. The van der Waals surface area contributed by atoms with Crippen LogP contribution < -0.4 is 14.8 Å². The van der Waals surface area contributed by atoms with Gasteiger partial charge < -0.3 is 24.1 Å². The third-order valence-electron chi connectivity index (χ3n) is 5.35. The Bertz CT molecular complexity index is 845. The zero-order valence-electron chi connectivity index (χ0n) is 16.1. The van der Waals surface area contributed by atoms with Crippen LogP contribution >= 0.6 is 0 Å². The van der Waals surface area contributed by atoms with Crippen molar-refractivity contribution in [3.05, 3.63) is 46.9 Å². The zero-order valence-corrected chi connectivity index (χ0v) is 16.1. The average molecular weight is 370 g/mol. The van der Waals surface area contributed by atoms with E-state index in [-0.39, 0.29) is 18.1 Å². The van der Waals surface area contributed by atoms with Crippen molar-refractivity contribution >= 4 is 6.03 Å². The van der Waals surface area contributed by atoms with E-state index in [1.54, 1.807) is 0 Å². The minimum absolute atomic E-state index is 0.0434. The molecule has 2 aliphatic heterocycles. The largest absolute Gasteiger partial charge is 0.486 e. The molecular weight excluding hydrogens is 344 g/mol. The fourth-order valence-electron chi connectivity index (χ4n) is 4.05. The molecule has 2 aliphatic rings. The van der Waals surface area contributed by atoms with E-state index in [0.29, 0.717) is 13.2 Å². The number of likely N-dealkylation sites (tertiary alicyclic amines) is 1. The summed E-state index contributed by atoms with van der Waals surface area (Å²) in [5, 5.41) is 3.13. The zero-order chi connectivity index (χ0) is 19.0. The van der Waals surface area contributed by atoms with Crippen LogP contribution in [0.1, 0.15) is 54.5 Å². The fraction of sp³-hybridized carbons (Fsp3) is 0.476. The van der Waals surface area contributed by atoms with Gasteiger partial charge in [0, 0.05) is 12.1 Å². The number of ether oxygens (including phenoxy) is 2. The molecule has 1 saturated heterocycles. The molecule has 0 spiro atoms. The lowest BCUT2D eigenvalue weighted by Crippen LogP contribution is -2.40. The predicted molar refractivity (Wildman–Crippen MR) is 101 cm³/mol. The molecule has 6 heteroatoms. The van der Waals surface area contributed by atoms with E-state index in [1.807, 2.05) is 49.9 Å². The van der Waals surface area contributed by atoms with Crippen molar-refractivity contribution in [3.8, 4) is 11.5 Å². The number of fused-ring (bicyclic) bond motifs is 1. The summed E-state index contributed by atoms with van der Waals surface area (Å²) in [6.07, 6.45) is 1.94. The van der Waals surface area contributed by atoms with Gasteiger partial charge in [-0.25, -0.2) is 4.79 Å². The smallest absolute Gasteiger partial charge is 0.318 e. The third kappa shape index (κ3) is 3.48. The first-order valence-corrected chi connectivity index (χ1v) is 9.56. The van der Waals surface area contributed by atoms with Crippen molar-refractivity contribution in [2.75, 3.05) is 19.8 Å². The SMILES string of the molecule is Cc1cc(C(C)NC(=O)N2CCCC2c2ccc3c(c2)OCCO3)c(C)o1. The molecule has 0 saturated carbocycles. The maximum atomic E-state index is 12.9. The molecule has 1 aromatic heterocycles. The predicted octanol–water partition coefficient (Wildman–Crippen LogP) is 4.28. The molecule has 6 nitrogen and oxygen atoms in total. The minimum Gasteiger partial charge on any atom is -0.486 e. The van der Waals surface area contributed by atoms with E-state index in [2.05, 4.69) is 5.32 Å². The summed E-state index contributed by atoms with van der Waals surface area (Å²) < 4.78 is 16.9. The quantitative estimate of drug-likeness (QED) is 0.876. The molecular formula is C21H26N2O4. The molecule has 0 aliphatic carbocycles. The van der Waals surface area contributed by atoms with Gasteiger partial charge in [0.2, 0.25) is 0 Å². The first-order chi connectivity index (χ1) is 13.0. The lowest BCUT2D eigenvalue weighted by atomic mass is 10.0. The Labute approximate surface area is 159 Å². The maximum absolute atomic E-state index is 12.9. The van der Waals surface area contributed by atoms with Crippen molar-refractivity contribution in [2.45, 2.75) is 45.7 Å². The highest BCUT2D eigenvalue weighted by molar-refractivity contribution is 5.75. The van der Waals surface area contributed by atoms with Gasteiger partial charge in [0.1, 0.15) is 24.7 Å². The number of aryl methyl sites for hydroxylation is 2. The van der Waals surface area contributed by atoms with Gasteiger partial charge in [-0.1, -0.05) is 6.07 Å². The van der Waals surface area contributed by atoms with Gasteiger partial charge in [-0.05, 0) is 57.4 Å². The van der Waals surface area contributed by atoms with Gasteiger partial charge in [0.25, 0.3) is 0 Å². The highest BCUT2D eigenvalue weighted by Crippen LogP contribution is 2.38. The van der Waals surface area contributed by atoms with Crippen LogP contribution in [0.15, 0.2) is 28.7 Å². The van der Waals surface area contributed by atoms with Gasteiger partial charge in [-0.15, -0.1) is 0 Å². The summed E-state index contributed by atoms with van der Waals surface area (Å²) in [7, 11) is 0. The Kier molecular flexibility index (Phi) is 4.72. The van der Waals surface area contributed by atoms with Crippen LogP contribution in [0.3, 0.4) is 0 Å². The van der Waals surface area contributed by atoms with Crippen molar-refractivity contribution < 1.29 is 18.7 Å². The Hall–Kier alpha value is -2.63. The van der Waals surface area contributed by atoms with E-state index >= 15 is 0 Å². The Balaban J connectivity index is 1.49. The standard InChI is InChI=1S/C21H26N2O4/c1-13-11-17(15(3)27-13)14(2)22-21(24)23-8-4-5-18(23)16-6-7-19-20(12-16)26-10-9-25-19/h6-7,11-12,14,18H,4-5,8-10H2,1-3H3,(H,22,24). The van der Waals surface area contributed by atoms with Gasteiger partial charge in [-0.2, -0.15) is 0 Å². The topological polar surface area (TPSA) is 63.9 Å². The van der Waals surface area contributed by atoms with E-state index < -0.39 is 0 Å². The number of nitrogens with one attached hydrogen (secondary N) is 1. The number of carbonyl (C=O) groups is 1. The Morgan fingerprint density at radius 2 is 1.96 bits per heavy atom. The van der Waals surface area contributed by atoms with Crippen LogP contribution in [0.2, 0.25) is 0 Å². The van der Waals surface area contributed by atoms with Crippen molar-refractivity contribution in [3.63, 3.8) is 0 Å². The number of hydrogen-bond donors (Lipinski definition) is 1.